The quantitative estimate of drug-likeness (QED) is 0.890. The summed E-state index contributed by atoms with van der Waals surface area (Å²) in [5.74, 6) is 2.46. The minimum absolute atomic E-state index is 0.104. The molecule has 7 heteroatoms. The highest BCUT2D eigenvalue weighted by Gasteiger charge is 2.18. The van der Waals surface area contributed by atoms with Crippen LogP contribution >= 0.6 is 11.6 Å². The minimum atomic E-state index is -0.104. The Bertz CT molecular complexity index is 839. The smallest absolute Gasteiger partial charge is 0.224 e. The average molecular weight is 376 g/mol. The fraction of sp³-hybridized carbons (Fsp3) is 0.316. The normalized spacial score (nSPS) is 14.7. The number of halogens is 1. The number of hydrogen-bond donors (Lipinski definition) is 1. The van der Waals surface area contributed by atoms with E-state index >= 15 is 0 Å². The molecule has 0 aliphatic carbocycles. The number of fused-ring (bicyclic) bond motifs is 2. The predicted octanol–water partition coefficient (Wildman–Crippen LogP) is 2.74. The van der Waals surface area contributed by atoms with E-state index in [-0.39, 0.29) is 12.3 Å². The number of carbonyl (C=O) groups excluding carboxylic acids is 1. The molecule has 0 atom stereocenters. The molecule has 0 radical (unpaired) electrons. The predicted molar refractivity (Wildman–Crippen MR) is 95.4 cm³/mol. The van der Waals surface area contributed by atoms with Crippen LogP contribution in [0.1, 0.15) is 11.1 Å². The maximum Gasteiger partial charge on any atom is 0.224 e. The Morgan fingerprint density at radius 3 is 2.42 bits per heavy atom. The van der Waals surface area contributed by atoms with Crippen molar-refractivity contribution < 1.29 is 23.7 Å². The molecule has 2 aliphatic heterocycles. The zero-order valence-corrected chi connectivity index (χ0v) is 14.8. The summed E-state index contributed by atoms with van der Waals surface area (Å²) >= 11 is 6.21. The molecule has 0 spiro atoms. The van der Waals surface area contributed by atoms with Gasteiger partial charge in [0, 0.05) is 6.54 Å². The Kier molecular flexibility index (Phi) is 4.75. The van der Waals surface area contributed by atoms with Crippen molar-refractivity contribution in [2.24, 2.45) is 0 Å². The van der Waals surface area contributed by atoms with E-state index in [1.54, 1.807) is 12.1 Å². The van der Waals surface area contributed by atoms with Gasteiger partial charge in [-0.15, -0.1) is 0 Å². The molecule has 4 rings (SSSR count). The molecule has 2 aromatic carbocycles. The largest absolute Gasteiger partial charge is 0.486 e. The Hall–Kier alpha value is -2.60. The van der Waals surface area contributed by atoms with Gasteiger partial charge in [-0.25, -0.2) is 0 Å². The highest BCUT2D eigenvalue weighted by molar-refractivity contribution is 6.32. The third-order valence-electron chi connectivity index (χ3n) is 4.12. The molecule has 2 aliphatic rings. The first-order chi connectivity index (χ1) is 12.7. The third kappa shape index (κ3) is 3.65. The van der Waals surface area contributed by atoms with Crippen LogP contribution in [0.3, 0.4) is 0 Å². The highest BCUT2D eigenvalue weighted by Crippen LogP contribution is 2.38. The van der Waals surface area contributed by atoms with E-state index in [0.717, 1.165) is 16.9 Å². The second-order valence-corrected chi connectivity index (χ2v) is 6.44. The molecule has 26 heavy (non-hydrogen) atoms. The summed E-state index contributed by atoms with van der Waals surface area (Å²) in [6.45, 7) is 2.45. The van der Waals surface area contributed by atoms with Gasteiger partial charge in [-0.2, -0.15) is 0 Å². The Morgan fingerprint density at radius 2 is 1.58 bits per heavy atom. The van der Waals surface area contributed by atoms with Crippen LogP contribution in [0.2, 0.25) is 5.02 Å². The summed E-state index contributed by atoms with van der Waals surface area (Å²) in [5, 5.41) is 3.36. The number of nitrogens with one attached hydrogen (secondary N) is 1. The molecule has 0 aromatic heterocycles. The lowest BCUT2D eigenvalue weighted by Gasteiger charge is -2.20. The zero-order valence-electron chi connectivity index (χ0n) is 14.0. The van der Waals surface area contributed by atoms with Crippen LogP contribution in [-0.4, -0.2) is 32.3 Å². The van der Waals surface area contributed by atoms with E-state index in [2.05, 4.69) is 5.32 Å². The lowest BCUT2D eigenvalue weighted by atomic mass is 10.1. The molecule has 0 fully saturated rings. The van der Waals surface area contributed by atoms with E-state index in [1.165, 1.54) is 0 Å². The highest BCUT2D eigenvalue weighted by atomic mass is 35.5. The fourth-order valence-electron chi connectivity index (χ4n) is 2.91. The van der Waals surface area contributed by atoms with Gasteiger partial charge in [-0.3, -0.25) is 4.79 Å². The summed E-state index contributed by atoms with van der Waals surface area (Å²) in [6.07, 6.45) is 0.209. The first kappa shape index (κ1) is 16.8. The molecule has 6 nitrogen and oxygen atoms in total. The van der Waals surface area contributed by atoms with Crippen LogP contribution < -0.4 is 24.3 Å². The second-order valence-electron chi connectivity index (χ2n) is 6.03. The van der Waals surface area contributed by atoms with E-state index < -0.39 is 0 Å². The molecule has 136 valence electrons. The number of hydrogen-bond acceptors (Lipinski definition) is 5. The molecule has 0 saturated heterocycles. The van der Waals surface area contributed by atoms with Crippen LogP contribution in [0.4, 0.5) is 0 Å². The number of benzene rings is 2. The Morgan fingerprint density at radius 1 is 0.885 bits per heavy atom. The first-order valence-corrected chi connectivity index (χ1v) is 8.80. The van der Waals surface area contributed by atoms with Crippen LogP contribution in [0.5, 0.6) is 23.0 Å². The lowest BCUT2D eigenvalue weighted by Crippen LogP contribution is -2.25. The van der Waals surface area contributed by atoms with E-state index in [4.69, 9.17) is 30.5 Å². The summed E-state index contributed by atoms with van der Waals surface area (Å²) < 4.78 is 22.1. The van der Waals surface area contributed by atoms with E-state index in [9.17, 15) is 4.79 Å². The third-order valence-corrected chi connectivity index (χ3v) is 4.40. The molecular weight excluding hydrogens is 358 g/mol. The summed E-state index contributed by atoms with van der Waals surface area (Å²) in [7, 11) is 0. The summed E-state index contributed by atoms with van der Waals surface area (Å²) in [6, 6.07) is 9.18. The maximum absolute atomic E-state index is 12.3. The molecule has 0 unspecified atom stereocenters. The van der Waals surface area contributed by atoms with Gasteiger partial charge < -0.3 is 24.3 Å². The molecule has 0 saturated carbocycles. The number of rotatable bonds is 4. The van der Waals surface area contributed by atoms with Gasteiger partial charge in [0.05, 0.1) is 11.4 Å². The van der Waals surface area contributed by atoms with Gasteiger partial charge in [0.25, 0.3) is 0 Å². The monoisotopic (exact) mass is 375 g/mol. The summed E-state index contributed by atoms with van der Waals surface area (Å²) in [5.41, 5.74) is 1.72. The van der Waals surface area contributed by atoms with Gasteiger partial charge in [0.15, 0.2) is 23.0 Å². The number of carbonyl (C=O) groups is 1. The maximum atomic E-state index is 12.3. The minimum Gasteiger partial charge on any atom is -0.486 e. The fourth-order valence-corrected chi connectivity index (χ4v) is 3.20. The molecule has 0 bridgehead atoms. The SMILES string of the molecule is O=C(Cc1cc(Cl)c2c(c1)OCCO2)NCc1ccc2c(c1)OCCO2. The molecule has 1 amide bonds. The van der Waals surface area contributed by atoms with Crippen molar-refractivity contribution >= 4 is 17.5 Å². The summed E-state index contributed by atoms with van der Waals surface area (Å²) in [4.78, 5) is 12.3. The van der Waals surface area contributed by atoms with Crippen molar-refractivity contribution in [3.05, 3.63) is 46.5 Å². The lowest BCUT2D eigenvalue weighted by molar-refractivity contribution is -0.120. The average Bonchev–Trinajstić information content (AvgIpc) is 2.66. The Balaban J connectivity index is 1.38. The van der Waals surface area contributed by atoms with Crippen LogP contribution in [0, 0.1) is 0 Å². The van der Waals surface area contributed by atoms with Crippen LogP contribution in [0.25, 0.3) is 0 Å². The van der Waals surface area contributed by atoms with Crippen molar-refractivity contribution in [2.75, 3.05) is 26.4 Å². The van der Waals surface area contributed by atoms with Gasteiger partial charge in [-0.1, -0.05) is 17.7 Å². The van der Waals surface area contributed by atoms with Gasteiger partial charge in [-0.05, 0) is 35.4 Å². The molecular formula is C19H18ClNO5. The van der Waals surface area contributed by atoms with Crippen LogP contribution in [0.15, 0.2) is 30.3 Å². The number of amides is 1. The molecule has 2 heterocycles. The van der Waals surface area contributed by atoms with E-state index in [0.29, 0.717) is 55.2 Å². The van der Waals surface area contributed by atoms with Gasteiger partial charge in [0.2, 0.25) is 5.91 Å². The van der Waals surface area contributed by atoms with Crippen molar-refractivity contribution in [3.8, 4) is 23.0 Å². The van der Waals surface area contributed by atoms with Crippen molar-refractivity contribution in [1.82, 2.24) is 5.32 Å². The van der Waals surface area contributed by atoms with Crippen molar-refractivity contribution in [1.29, 1.82) is 0 Å². The Labute approximate surface area is 156 Å². The van der Waals surface area contributed by atoms with Gasteiger partial charge >= 0.3 is 0 Å². The molecule has 2 aromatic rings. The molecule has 1 N–H and O–H groups in total. The van der Waals surface area contributed by atoms with Crippen molar-refractivity contribution in [3.63, 3.8) is 0 Å². The topological polar surface area (TPSA) is 66.0 Å². The van der Waals surface area contributed by atoms with E-state index in [1.807, 2.05) is 18.2 Å². The van der Waals surface area contributed by atoms with Crippen LogP contribution in [-0.2, 0) is 17.8 Å². The zero-order chi connectivity index (χ0) is 17.9. The van der Waals surface area contributed by atoms with Crippen molar-refractivity contribution in [2.45, 2.75) is 13.0 Å². The standard InChI is InChI=1S/C19H18ClNO5/c20-14-7-13(9-17-19(14)26-6-5-25-17)10-18(22)21-11-12-1-2-15-16(8-12)24-4-3-23-15/h1-2,7-9H,3-6,10-11H2,(H,21,22). The first-order valence-electron chi connectivity index (χ1n) is 8.42. The van der Waals surface area contributed by atoms with Gasteiger partial charge in [0.1, 0.15) is 26.4 Å². The second kappa shape index (κ2) is 7.33. The number of ether oxygens (including phenoxy) is 4.